The van der Waals surface area contributed by atoms with Gasteiger partial charge in [-0.25, -0.2) is 0 Å². The van der Waals surface area contributed by atoms with Crippen LogP contribution in [0.1, 0.15) is 25.0 Å². The van der Waals surface area contributed by atoms with Gasteiger partial charge in [0.05, 0.1) is 0 Å². The molecule has 2 aromatic rings. The van der Waals surface area contributed by atoms with E-state index in [1.807, 2.05) is 0 Å². The molecule has 0 heterocycles. The minimum Gasteiger partial charge on any atom is -0.300 e. The Morgan fingerprint density at radius 2 is 1.44 bits per heavy atom. The van der Waals surface area contributed by atoms with Gasteiger partial charge >= 0.3 is 0 Å². The third kappa shape index (κ3) is 3.04. The number of benzene rings is 2. The van der Waals surface area contributed by atoms with Crippen molar-refractivity contribution in [2.24, 2.45) is 0 Å². The highest BCUT2D eigenvalue weighted by atomic mass is 35.5. The molecule has 0 unspecified atom stereocenters. The largest absolute Gasteiger partial charge is 0.300 e. The molecule has 0 saturated heterocycles. The van der Waals surface area contributed by atoms with E-state index in [2.05, 4.69) is 55.1 Å². The minimum atomic E-state index is 0.580. The van der Waals surface area contributed by atoms with Gasteiger partial charge in [0, 0.05) is 12.4 Å². The number of hydrogen-bond acceptors (Lipinski definition) is 1. The van der Waals surface area contributed by atoms with Crippen LogP contribution >= 0.6 is 11.6 Å². The van der Waals surface area contributed by atoms with Crippen LogP contribution in [0.4, 0.5) is 0 Å². The van der Waals surface area contributed by atoms with Gasteiger partial charge in [0.1, 0.15) is 0 Å². The average molecular weight is 262 g/mol. The third-order valence-electron chi connectivity index (χ3n) is 3.42. The fourth-order valence-electron chi connectivity index (χ4n) is 2.23. The lowest BCUT2D eigenvalue weighted by Crippen LogP contribution is -2.21. The highest BCUT2D eigenvalue weighted by Gasteiger charge is 2.02. The van der Waals surface area contributed by atoms with E-state index >= 15 is 0 Å². The molecule has 1 nitrogen and oxygen atoms in total. The molecule has 0 fully saturated rings. The summed E-state index contributed by atoms with van der Waals surface area (Å²) in [7, 11) is 0. The number of halogens is 1. The van der Waals surface area contributed by atoms with Crippen LogP contribution in [-0.4, -0.2) is 18.0 Å². The summed E-state index contributed by atoms with van der Waals surface area (Å²) in [5, 5.41) is 2.57. The smallest absolute Gasteiger partial charge is 0.0474 e. The Hall–Kier alpha value is -1.05. The number of hydrogen-bond donors (Lipinski definition) is 0. The topological polar surface area (TPSA) is 3.24 Å². The van der Waals surface area contributed by atoms with Gasteiger partial charge in [0.25, 0.3) is 0 Å². The Morgan fingerprint density at radius 3 is 2.00 bits per heavy atom. The normalized spacial score (nSPS) is 11.3. The quantitative estimate of drug-likeness (QED) is 0.720. The number of rotatable bonds is 5. The highest BCUT2D eigenvalue weighted by molar-refractivity contribution is 6.17. The Balaban J connectivity index is 2.27. The van der Waals surface area contributed by atoms with Crippen molar-refractivity contribution in [1.29, 1.82) is 0 Å². The molecule has 0 amide bonds. The lowest BCUT2D eigenvalue weighted by molar-refractivity contribution is 0.296. The first-order chi connectivity index (χ1) is 8.76. The first-order valence-corrected chi connectivity index (χ1v) is 7.10. The summed E-state index contributed by atoms with van der Waals surface area (Å²) in [5.74, 6) is 0.580. The maximum Gasteiger partial charge on any atom is 0.0474 e. The zero-order chi connectivity index (χ0) is 13.0. The Labute approximate surface area is 114 Å². The molecular formula is C16H20ClN. The summed E-state index contributed by atoms with van der Waals surface area (Å²) in [4.78, 5) is 2.42. The second kappa shape index (κ2) is 6.21. The predicted octanol–water partition coefficient (Wildman–Crippen LogP) is 4.42. The molecule has 96 valence electrons. The van der Waals surface area contributed by atoms with Crippen LogP contribution < -0.4 is 0 Å². The molecule has 0 saturated carbocycles. The fraction of sp³-hybridized carbons (Fsp3) is 0.375. The van der Waals surface area contributed by atoms with E-state index < -0.39 is 0 Å². The van der Waals surface area contributed by atoms with E-state index in [0.29, 0.717) is 5.88 Å². The zero-order valence-corrected chi connectivity index (χ0v) is 11.9. The summed E-state index contributed by atoms with van der Waals surface area (Å²) in [6.07, 6.45) is 0. The molecule has 0 aromatic heterocycles. The predicted molar refractivity (Wildman–Crippen MR) is 80.1 cm³/mol. The van der Waals surface area contributed by atoms with Crippen molar-refractivity contribution in [3.05, 3.63) is 47.5 Å². The van der Waals surface area contributed by atoms with Crippen molar-refractivity contribution in [2.75, 3.05) is 13.1 Å². The third-order valence-corrected chi connectivity index (χ3v) is 3.73. The highest BCUT2D eigenvalue weighted by Crippen LogP contribution is 2.19. The molecule has 0 aliphatic heterocycles. The van der Waals surface area contributed by atoms with Crippen LogP contribution in [0.5, 0.6) is 0 Å². The minimum absolute atomic E-state index is 0.580. The summed E-state index contributed by atoms with van der Waals surface area (Å²) < 4.78 is 0. The van der Waals surface area contributed by atoms with E-state index in [1.54, 1.807) is 0 Å². The van der Waals surface area contributed by atoms with E-state index in [9.17, 15) is 0 Å². The maximum absolute atomic E-state index is 5.86. The van der Waals surface area contributed by atoms with Gasteiger partial charge in [-0.05, 0) is 47.1 Å². The molecule has 0 aliphatic carbocycles. The van der Waals surface area contributed by atoms with Crippen molar-refractivity contribution in [3.8, 4) is 0 Å². The average Bonchev–Trinajstić information content (AvgIpc) is 2.44. The van der Waals surface area contributed by atoms with Crippen molar-refractivity contribution in [2.45, 2.75) is 26.3 Å². The Bertz CT molecular complexity index is 517. The molecule has 2 aromatic carbocycles. The van der Waals surface area contributed by atoms with E-state index in [0.717, 1.165) is 19.6 Å². The van der Waals surface area contributed by atoms with Gasteiger partial charge < -0.3 is 0 Å². The second-order valence-corrected chi connectivity index (χ2v) is 4.88. The second-order valence-electron chi connectivity index (χ2n) is 4.61. The molecule has 2 heteroatoms. The molecule has 0 radical (unpaired) electrons. The van der Waals surface area contributed by atoms with Crippen LogP contribution in [0.25, 0.3) is 10.8 Å². The van der Waals surface area contributed by atoms with Crippen molar-refractivity contribution in [3.63, 3.8) is 0 Å². The van der Waals surface area contributed by atoms with Gasteiger partial charge in [-0.1, -0.05) is 38.1 Å². The SMILES string of the molecule is CCN(CC)Cc1ccc2cc(CCl)ccc2c1. The van der Waals surface area contributed by atoms with Crippen molar-refractivity contribution in [1.82, 2.24) is 4.90 Å². The van der Waals surface area contributed by atoms with Crippen molar-refractivity contribution < 1.29 is 0 Å². The number of fused-ring (bicyclic) bond motifs is 1. The number of alkyl halides is 1. The number of nitrogens with zero attached hydrogens (tertiary/aromatic N) is 1. The van der Waals surface area contributed by atoms with Gasteiger partial charge in [-0.3, -0.25) is 4.90 Å². The molecule has 2 rings (SSSR count). The van der Waals surface area contributed by atoms with E-state index in [4.69, 9.17) is 11.6 Å². The lowest BCUT2D eigenvalue weighted by atomic mass is 10.0. The molecular weight excluding hydrogens is 242 g/mol. The lowest BCUT2D eigenvalue weighted by Gasteiger charge is -2.18. The van der Waals surface area contributed by atoms with Gasteiger partial charge in [0.15, 0.2) is 0 Å². The molecule has 0 bridgehead atoms. The van der Waals surface area contributed by atoms with Crippen LogP contribution in [-0.2, 0) is 12.4 Å². The van der Waals surface area contributed by atoms with Gasteiger partial charge in [-0.2, -0.15) is 0 Å². The Kier molecular flexibility index (Phi) is 4.62. The van der Waals surface area contributed by atoms with Crippen LogP contribution in [0.2, 0.25) is 0 Å². The summed E-state index contributed by atoms with van der Waals surface area (Å²) in [5.41, 5.74) is 2.56. The molecule has 0 N–H and O–H groups in total. The summed E-state index contributed by atoms with van der Waals surface area (Å²) in [6, 6.07) is 13.1. The van der Waals surface area contributed by atoms with Gasteiger partial charge in [-0.15, -0.1) is 11.6 Å². The Morgan fingerprint density at radius 1 is 0.889 bits per heavy atom. The van der Waals surface area contributed by atoms with Gasteiger partial charge in [0.2, 0.25) is 0 Å². The first-order valence-electron chi connectivity index (χ1n) is 6.56. The maximum atomic E-state index is 5.86. The summed E-state index contributed by atoms with van der Waals surface area (Å²) >= 11 is 5.86. The van der Waals surface area contributed by atoms with E-state index in [-0.39, 0.29) is 0 Å². The zero-order valence-electron chi connectivity index (χ0n) is 11.1. The molecule has 18 heavy (non-hydrogen) atoms. The monoisotopic (exact) mass is 261 g/mol. The van der Waals surface area contributed by atoms with Crippen LogP contribution in [0.3, 0.4) is 0 Å². The standard InChI is InChI=1S/C16H20ClN/c1-3-18(4-2)12-14-6-8-15-9-13(11-17)5-7-16(15)10-14/h5-10H,3-4,11-12H2,1-2H3. The van der Waals surface area contributed by atoms with Crippen molar-refractivity contribution >= 4 is 22.4 Å². The molecule has 0 spiro atoms. The first kappa shape index (κ1) is 13.4. The summed E-state index contributed by atoms with van der Waals surface area (Å²) in [6.45, 7) is 7.63. The van der Waals surface area contributed by atoms with E-state index in [1.165, 1.54) is 21.9 Å². The molecule has 0 aliphatic rings. The van der Waals surface area contributed by atoms with Crippen LogP contribution in [0.15, 0.2) is 36.4 Å². The molecule has 0 atom stereocenters. The fourth-order valence-corrected chi connectivity index (χ4v) is 2.40. The van der Waals surface area contributed by atoms with Crippen LogP contribution in [0, 0.1) is 0 Å².